The third-order valence-electron chi connectivity index (χ3n) is 2.29. The van der Waals surface area contributed by atoms with Crippen molar-refractivity contribution in [1.82, 2.24) is 0 Å². The normalized spacial score (nSPS) is 20.6. The summed E-state index contributed by atoms with van der Waals surface area (Å²) in [6, 6.07) is 2.19. The Kier molecular flexibility index (Phi) is 3.36. The number of halogens is 3. The van der Waals surface area contributed by atoms with Gasteiger partial charge in [0.2, 0.25) is 0 Å². The van der Waals surface area contributed by atoms with Crippen LogP contribution in [0.4, 0.5) is 14.5 Å². The van der Waals surface area contributed by atoms with Crippen molar-refractivity contribution in [3.05, 3.63) is 28.8 Å². The lowest BCUT2D eigenvalue weighted by Crippen LogP contribution is -2.19. The Morgan fingerprint density at radius 2 is 2.20 bits per heavy atom. The van der Waals surface area contributed by atoms with Crippen LogP contribution in [0.2, 0.25) is 5.02 Å². The Labute approximate surface area is 96.2 Å². The summed E-state index contributed by atoms with van der Waals surface area (Å²) in [5.41, 5.74) is 0.213. The summed E-state index contributed by atoms with van der Waals surface area (Å²) in [5, 5.41) is 3.11. The van der Waals surface area contributed by atoms with Crippen LogP contribution < -0.4 is 5.32 Å². The SMILES string of the molecule is Fc1cc(F)c(NC2CCSC2)c(Cl)c1. The molecule has 5 heteroatoms. The number of anilines is 1. The second-order valence-electron chi connectivity index (χ2n) is 3.45. The summed E-state index contributed by atoms with van der Waals surface area (Å²) in [6.07, 6.45) is 0.984. The maximum atomic E-state index is 13.4. The molecule has 0 spiro atoms. The summed E-state index contributed by atoms with van der Waals surface area (Å²) in [7, 11) is 0. The zero-order chi connectivity index (χ0) is 10.8. The Morgan fingerprint density at radius 3 is 2.80 bits per heavy atom. The standard InChI is InChI=1S/C10H10ClF2NS/c11-8-3-6(12)4-9(13)10(8)14-7-1-2-15-5-7/h3-4,7,14H,1-2,5H2. The van der Waals surface area contributed by atoms with Gasteiger partial charge in [0.05, 0.1) is 10.7 Å². The lowest BCUT2D eigenvalue weighted by atomic mass is 10.2. The van der Waals surface area contributed by atoms with Crippen LogP contribution in [0.1, 0.15) is 6.42 Å². The van der Waals surface area contributed by atoms with E-state index in [4.69, 9.17) is 11.6 Å². The van der Waals surface area contributed by atoms with Gasteiger partial charge >= 0.3 is 0 Å². The van der Waals surface area contributed by atoms with E-state index < -0.39 is 11.6 Å². The second-order valence-corrected chi connectivity index (χ2v) is 5.01. The van der Waals surface area contributed by atoms with Crippen LogP contribution in [0.15, 0.2) is 12.1 Å². The van der Waals surface area contributed by atoms with Gasteiger partial charge < -0.3 is 5.32 Å². The van der Waals surface area contributed by atoms with Crippen molar-refractivity contribution >= 4 is 29.1 Å². The monoisotopic (exact) mass is 249 g/mol. The molecule has 1 atom stereocenters. The fourth-order valence-corrected chi connectivity index (χ4v) is 2.93. The van der Waals surface area contributed by atoms with E-state index in [1.54, 1.807) is 0 Å². The molecule has 1 aliphatic heterocycles. The van der Waals surface area contributed by atoms with Crippen LogP contribution in [0, 0.1) is 11.6 Å². The lowest BCUT2D eigenvalue weighted by Gasteiger charge is -2.14. The van der Waals surface area contributed by atoms with Gasteiger partial charge in [0, 0.05) is 17.9 Å². The van der Waals surface area contributed by atoms with Crippen molar-refractivity contribution in [1.29, 1.82) is 0 Å². The van der Waals surface area contributed by atoms with Crippen molar-refractivity contribution < 1.29 is 8.78 Å². The van der Waals surface area contributed by atoms with Gasteiger partial charge in [-0.25, -0.2) is 8.78 Å². The van der Waals surface area contributed by atoms with Crippen molar-refractivity contribution in [2.75, 3.05) is 16.8 Å². The minimum Gasteiger partial charge on any atom is -0.378 e. The van der Waals surface area contributed by atoms with E-state index >= 15 is 0 Å². The molecule has 0 saturated carbocycles. The van der Waals surface area contributed by atoms with E-state index in [1.807, 2.05) is 11.8 Å². The van der Waals surface area contributed by atoms with Gasteiger partial charge in [-0.3, -0.25) is 0 Å². The molecule has 1 unspecified atom stereocenters. The number of hydrogen-bond donors (Lipinski definition) is 1. The summed E-state index contributed by atoms with van der Waals surface area (Å²) in [6.45, 7) is 0. The minimum absolute atomic E-state index is 0.101. The van der Waals surface area contributed by atoms with E-state index in [2.05, 4.69) is 5.32 Å². The molecule has 0 radical (unpaired) electrons. The Balaban J connectivity index is 2.19. The Morgan fingerprint density at radius 1 is 1.40 bits per heavy atom. The molecule has 15 heavy (non-hydrogen) atoms. The summed E-state index contributed by atoms with van der Waals surface area (Å²) >= 11 is 7.58. The first-order valence-electron chi connectivity index (χ1n) is 4.65. The molecular weight excluding hydrogens is 240 g/mol. The van der Waals surface area contributed by atoms with Crippen LogP contribution in [-0.4, -0.2) is 17.5 Å². The van der Waals surface area contributed by atoms with Crippen LogP contribution in [0.5, 0.6) is 0 Å². The number of nitrogens with one attached hydrogen (secondary N) is 1. The molecule has 1 nitrogen and oxygen atoms in total. The van der Waals surface area contributed by atoms with E-state index in [9.17, 15) is 8.78 Å². The predicted molar refractivity (Wildman–Crippen MR) is 60.7 cm³/mol. The van der Waals surface area contributed by atoms with Gasteiger partial charge in [-0.15, -0.1) is 0 Å². The first-order valence-corrected chi connectivity index (χ1v) is 6.19. The summed E-state index contributed by atoms with van der Waals surface area (Å²) in [5.74, 6) is 0.728. The molecule has 1 saturated heterocycles. The first kappa shape index (κ1) is 11.0. The highest BCUT2D eigenvalue weighted by Crippen LogP contribution is 2.29. The number of hydrogen-bond acceptors (Lipinski definition) is 2. The third-order valence-corrected chi connectivity index (χ3v) is 3.75. The first-order chi connectivity index (χ1) is 7.16. The smallest absolute Gasteiger partial charge is 0.150 e. The third kappa shape index (κ3) is 2.55. The Bertz CT molecular complexity index is 343. The molecule has 1 aromatic rings. The molecule has 1 heterocycles. The number of rotatable bonds is 2. The molecule has 1 N–H and O–H groups in total. The van der Waals surface area contributed by atoms with Gasteiger partial charge in [-0.2, -0.15) is 11.8 Å². The molecule has 1 aliphatic rings. The Hall–Kier alpha value is -0.480. The highest BCUT2D eigenvalue weighted by molar-refractivity contribution is 7.99. The predicted octanol–water partition coefficient (Wildman–Crippen LogP) is 3.54. The fraction of sp³-hybridized carbons (Fsp3) is 0.400. The molecule has 0 amide bonds. The molecule has 0 aromatic heterocycles. The van der Waals surface area contributed by atoms with Crippen molar-refractivity contribution in [3.8, 4) is 0 Å². The number of benzene rings is 1. The maximum Gasteiger partial charge on any atom is 0.150 e. The van der Waals surface area contributed by atoms with Gasteiger partial charge in [-0.05, 0) is 18.2 Å². The highest BCUT2D eigenvalue weighted by Gasteiger charge is 2.18. The van der Waals surface area contributed by atoms with E-state index in [1.165, 1.54) is 0 Å². The van der Waals surface area contributed by atoms with Crippen LogP contribution in [0.3, 0.4) is 0 Å². The van der Waals surface area contributed by atoms with E-state index in [0.29, 0.717) is 0 Å². The fourth-order valence-electron chi connectivity index (χ4n) is 1.53. The van der Waals surface area contributed by atoms with E-state index in [-0.39, 0.29) is 16.8 Å². The zero-order valence-electron chi connectivity index (χ0n) is 7.90. The minimum atomic E-state index is -0.649. The van der Waals surface area contributed by atoms with Gasteiger partial charge in [0.15, 0.2) is 5.82 Å². The van der Waals surface area contributed by atoms with Gasteiger partial charge in [0.1, 0.15) is 5.82 Å². The summed E-state index contributed by atoms with van der Waals surface area (Å²) in [4.78, 5) is 0. The van der Waals surface area contributed by atoms with Crippen LogP contribution in [-0.2, 0) is 0 Å². The molecule has 82 valence electrons. The quantitative estimate of drug-likeness (QED) is 0.861. The number of thioether (sulfide) groups is 1. The molecule has 0 bridgehead atoms. The van der Waals surface area contributed by atoms with Gasteiger partial charge in [0.25, 0.3) is 0 Å². The van der Waals surface area contributed by atoms with Gasteiger partial charge in [-0.1, -0.05) is 11.6 Å². The van der Waals surface area contributed by atoms with Crippen LogP contribution >= 0.6 is 23.4 Å². The average Bonchev–Trinajstić information content (AvgIpc) is 2.63. The zero-order valence-corrected chi connectivity index (χ0v) is 9.47. The summed E-state index contributed by atoms with van der Waals surface area (Å²) < 4.78 is 26.1. The molecule has 1 fully saturated rings. The average molecular weight is 250 g/mol. The maximum absolute atomic E-state index is 13.4. The van der Waals surface area contributed by atoms with Crippen molar-refractivity contribution in [2.45, 2.75) is 12.5 Å². The molecular formula is C10H10ClF2NS. The molecule has 0 aliphatic carbocycles. The topological polar surface area (TPSA) is 12.0 Å². The molecule has 1 aromatic carbocycles. The largest absolute Gasteiger partial charge is 0.378 e. The van der Waals surface area contributed by atoms with Crippen LogP contribution in [0.25, 0.3) is 0 Å². The second kappa shape index (κ2) is 4.58. The highest BCUT2D eigenvalue weighted by atomic mass is 35.5. The van der Waals surface area contributed by atoms with E-state index in [0.717, 1.165) is 30.1 Å². The lowest BCUT2D eigenvalue weighted by molar-refractivity contribution is 0.583. The van der Waals surface area contributed by atoms with Crippen molar-refractivity contribution in [2.24, 2.45) is 0 Å². The molecule has 2 rings (SSSR count). The van der Waals surface area contributed by atoms with Crippen molar-refractivity contribution in [3.63, 3.8) is 0 Å².